The molecule has 1 aliphatic heterocycles. The van der Waals surface area contributed by atoms with Crippen LogP contribution in [0.15, 0.2) is 45.8 Å². The molecule has 1 aromatic heterocycles. The monoisotopic (exact) mass is 386 g/mol. The number of hydrogen-bond donors (Lipinski definition) is 1. The van der Waals surface area contributed by atoms with Crippen LogP contribution in [0.1, 0.15) is 37.1 Å². The van der Waals surface area contributed by atoms with E-state index in [4.69, 9.17) is 9.15 Å². The Kier molecular flexibility index (Phi) is 5.12. The summed E-state index contributed by atoms with van der Waals surface area (Å²) in [5.74, 6) is 0.108. The summed E-state index contributed by atoms with van der Waals surface area (Å²) in [6.07, 6.45) is -0.910. The number of nitro groups is 1. The molecule has 1 aliphatic rings. The molecule has 1 aromatic carbocycles. The summed E-state index contributed by atoms with van der Waals surface area (Å²) < 4.78 is 15.6. The van der Waals surface area contributed by atoms with E-state index in [1.54, 1.807) is 32.9 Å². The maximum Gasteiger partial charge on any atom is 0.513 e. The summed E-state index contributed by atoms with van der Waals surface area (Å²) in [5, 5.41) is 22.3. The number of aryl methyl sites for hydroxylation is 1. The van der Waals surface area contributed by atoms with Crippen LogP contribution in [-0.4, -0.2) is 28.4 Å². The van der Waals surface area contributed by atoms with E-state index in [1.807, 2.05) is 0 Å². The third-order valence-corrected chi connectivity index (χ3v) is 4.23. The number of nitrogens with one attached hydrogen (secondary N) is 1. The summed E-state index contributed by atoms with van der Waals surface area (Å²) in [7, 11) is 1.19. The summed E-state index contributed by atoms with van der Waals surface area (Å²) in [6, 6.07) is 6.06. The van der Waals surface area contributed by atoms with Gasteiger partial charge in [0.25, 0.3) is 5.69 Å². The van der Waals surface area contributed by atoms with Gasteiger partial charge in [0.2, 0.25) is 11.8 Å². The van der Waals surface area contributed by atoms with Gasteiger partial charge in [-0.05, 0) is 19.4 Å². The number of benzene rings is 1. The van der Waals surface area contributed by atoms with Crippen molar-refractivity contribution in [3.8, 4) is 0 Å². The van der Waals surface area contributed by atoms with Crippen LogP contribution in [0.4, 0.5) is 10.5 Å². The minimum Gasteiger partial charge on any atom is -0.437 e. The third kappa shape index (κ3) is 3.56. The Morgan fingerprint density at radius 1 is 1.25 bits per heavy atom. The van der Waals surface area contributed by atoms with E-state index in [0.717, 1.165) is 0 Å². The number of non-ortho nitro benzene ring substituents is 1. The van der Waals surface area contributed by atoms with Gasteiger partial charge in [-0.25, -0.2) is 4.79 Å². The highest BCUT2D eigenvalue weighted by Crippen LogP contribution is 2.43. The molecule has 1 atom stereocenters. The molecular formula is C18H18N4O6. The molecule has 28 heavy (non-hydrogen) atoms. The topological polar surface area (TPSA) is 130 Å². The fourth-order valence-electron chi connectivity index (χ4n) is 3.07. The van der Waals surface area contributed by atoms with Gasteiger partial charge >= 0.3 is 6.16 Å². The average molecular weight is 386 g/mol. The maximum absolute atomic E-state index is 11.8. The number of ether oxygens (including phenoxy) is 2. The molecule has 0 spiro atoms. The first-order chi connectivity index (χ1) is 13.3. The Morgan fingerprint density at radius 3 is 2.61 bits per heavy atom. The number of hydrogen-bond acceptors (Lipinski definition) is 9. The third-order valence-electron chi connectivity index (χ3n) is 4.23. The zero-order valence-electron chi connectivity index (χ0n) is 15.7. The van der Waals surface area contributed by atoms with Crippen molar-refractivity contribution in [3.63, 3.8) is 0 Å². The van der Waals surface area contributed by atoms with Gasteiger partial charge in [0, 0.05) is 24.8 Å². The molecule has 1 unspecified atom stereocenters. The van der Waals surface area contributed by atoms with Crippen molar-refractivity contribution in [2.45, 2.75) is 26.7 Å². The maximum atomic E-state index is 11.8. The first kappa shape index (κ1) is 19.1. The molecule has 10 nitrogen and oxygen atoms in total. The highest BCUT2D eigenvalue weighted by molar-refractivity contribution is 5.75. The predicted molar refractivity (Wildman–Crippen MR) is 96.8 cm³/mol. The smallest absolute Gasteiger partial charge is 0.437 e. The van der Waals surface area contributed by atoms with Gasteiger partial charge in [0.1, 0.15) is 5.76 Å². The molecular weight excluding hydrogens is 368 g/mol. The van der Waals surface area contributed by atoms with Crippen LogP contribution in [0, 0.1) is 17.0 Å². The summed E-state index contributed by atoms with van der Waals surface area (Å²) in [5.41, 5.74) is 2.23. The molecule has 0 bridgehead atoms. The van der Waals surface area contributed by atoms with E-state index in [9.17, 15) is 14.9 Å². The largest absolute Gasteiger partial charge is 0.513 e. The molecule has 1 N–H and O–H groups in total. The number of nitrogens with zero attached hydrogens (tertiary/aromatic N) is 3. The van der Waals surface area contributed by atoms with Crippen LogP contribution in [0.2, 0.25) is 0 Å². The van der Waals surface area contributed by atoms with Gasteiger partial charge in [0.15, 0.2) is 0 Å². The summed E-state index contributed by atoms with van der Waals surface area (Å²) in [4.78, 5) is 22.6. The molecule has 0 saturated heterocycles. The van der Waals surface area contributed by atoms with Crippen LogP contribution in [0.5, 0.6) is 0 Å². The van der Waals surface area contributed by atoms with Crippen molar-refractivity contribution in [2.24, 2.45) is 0 Å². The predicted octanol–water partition coefficient (Wildman–Crippen LogP) is 3.42. The average Bonchev–Trinajstić information content (AvgIpc) is 3.09. The number of carbonyl (C=O) groups excluding carboxylic acids is 1. The van der Waals surface area contributed by atoms with Crippen LogP contribution in [-0.2, 0) is 9.47 Å². The van der Waals surface area contributed by atoms with Crippen molar-refractivity contribution in [1.29, 1.82) is 0 Å². The Hall–Kier alpha value is -3.69. The lowest BCUT2D eigenvalue weighted by Gasteiger charge is -2.29. The lowest BCUT2D eigenvalue weighted by molar-refractivity contribution is -0.384. The second-order valence-electron chi connectivity index (χ2n) is 6.12. The van der Waals surface area contributed by atoms with Gasteiger partial charge in [-0.15, -0.1) is 10.2 Å². The van der Waals surface area contributed by atoms with E-state index in [-0.39, 0.29) is 17.3 Å². The molecule has 2 aromatic rings. The Morgan fingerprint density at radius 2 is 2.00 bits per heavy atom. The molecule has 0 amide bonds. The normalized spacial score (nSPS) is 16.6. The fourth-order valence-corrected chi connectivity index (χ4v) is 3.07. The number of methoxy groups -OCH3 is 1. The molecule has 2 heterocycles. The Labute approximate surface area is 160 Å². The van der Waals surface area contributed by atoms with E-state index < -0.39 is 17.0 Å². The molecule has 0 fully saturated rings. The van der Waals surface area contributed by atoms with Crippen molar-refractivity contribution in [2.75, 3.05) is 7.11 Å². The number of aromatic nitrogens is 2. The SMILES string of the molecule is COC(=O)OC1=C(C)NC(C)=C(c2nnc(C)o2)C1c1cccc([N+](=O)[O-])c1. The zero-order valence-corrected chi connectivity index (χ0v) is 15.7. The molecule has 3 rings (SSSR count). The van der Waals surface area contributed by atoms with Crippen molar-refractivity contribution < 1.29 is 23.6 Å². The lowest BCUT2D eigenvalue weighted by Crippen LogP contribution is -2.26. The first-order valence-corrected chi connectivity index (χ1v) is 8.31. The number of allylic oxidation sites excluding steroid dienone is 3. The lowest BCUT2D eigenvalue weighted by atomic mass is 9.85. The van der Waals surface area contributed by atoms with E-state index in [1.165, 1.54) is 19.2 Å². The van der Waals surface area contributed by atoms with E-state index >= 15 is 0 Å². The zero-order chi connectivity index (χ0) is 20.4. The molecule has 0 saturated carbocycles. The molecule has 10 heteroatoms. The van der Waals surface area contributed by atoms with Crippen molar-refractivity contribution >= 4 is 17.4 Å². The van der Waals surface area contributed by atoms with Crippen LogP contribution < -0.4 is 5.32 Å². The van der Waals surface area contributed by atoms with E-state index in [2.05, 4.69) is 20.3 Å². The van der Waals surface area contributed by atoms with Gasteiger partial charge in [-0.1, -0.05) is 12.1 Å². The Balaban J connectivity index is 2.20. The second kappa shape index (κ2) is 7.51. The van der Waals surface area contributed by atoms with Gasteiger partial charge < -0.3 is 19.2 Å². The number of rotatable bonds is 4. The fraction of sp³-hybridized carbons (Fsp3) is 0.278. The Bertz CT molecular complexity index is 1010. The number of nitro benzene ring substituents is 1. The minimum atomic E-state index is -0.910. The minimum absolute atomic E-state index is 0.0928. The first-order valence-electron chi connectivity index (χ1n) is 8.31. The summed E-state index contributed by atoms with van der Waals surface area (Å²) in [6.45, 7) is 5.18. The molecule has 146 valence electrons. The van der Waals surface area contributed by atoms with Crippen molar-refractivity contribution in [3.05, 3.63) is 68.9 Å². The second-order valence-corrected chi connectivity index (χ2v) is 6.12. The highest BCUT2D eigenvalue weighted by Gasteiger charge is 2.36. The van der Waals surface area contributed by atoms with Crippen LogP contribution in [0.25, 0.3) is 5.57 Å². The van der Waals surface area contributed by atoms with Crippen LogP contribution >= 0.6 is 0 Å². The standard InChI is InChI=1S/C18H18N4O6/c1-9-14(17-21-20-11(3)27-17)15(12-6-5-7-13(8-12)22(24)25)16(10(2)19-9)28-18(23)26-4/h5-8,15,19H,1-4H3. The number of dihydropyridines is 1. The summed E-state index contributed by atoms with van der Waals surface area (Å²) >= 11 is 0. The van der Waals surface area contributed by atoms with Gasteiger partial charge in [0.05, 0.1) is 29.2 Å². The quantitative estimate of drug-likeness (QED) is 0.477. The number of carbonyl (C=O) groups is 1. The molecule has 0 aliphatic carbocycles. The highest BCUT2D eigenvalue weighted by atomic mass is 16.7. The van der Waals surface area contributed by atoms with Gasteiger partial charge in [-0.2, -0.15) is 0 Å². The molecule has 0 radical (unpaired) electrons. The van der Waals surface area contributed by atoms with Crippen LogP contribution in [0.3, 0.4) is 0 Å². The van der Waals surface area contributed by atoms with Gasteiger partial charge in [-0.3, -0.25) is 10.1 Å². The van der Waals surface area contributed by atoms with E-state index in [0.29, 0.717) is 28.4 Å². The van der Waals surface area contributed by atoms with Crippen molar-refractivity contribution in [1.82, 2.24) is 15.5 Å².